The van der Waals surface area contributed by atoms with Gasteiger partial charge >= 0.3 is 6.16 Å². The maximum Gasteiger partial charge on any atom is 0.511 e. The fraction of sp³-hybridized carbons (Fsp3) is 0.273. The number of ketones is 1. The summed E-state index contributed by atoms with van der Waals surface area (Å²) in [5.41, 5.74) is 1.25. The number of hydrogen-bond donors (Lipinski definition) is 1. The zero-order chi connectivity index (χ0) is 11.4. The van der Waals surface area contributed by atoms with Crippen LogP contribution in [0.15, 0.2) is 35.1 Å². The highest BCUT2D eigenvalue weighted by molar-refractivity contribution is 5.94. The number of ether oxygens (including phenoxy) is 1. The third kappa shape index (κ3) is 3.09. The van der Waals surface area contributed by atoms with Gasteiger partial charge in [0.25, 0.3) is 0 Å². The molecule has 0 spiro atoms. The monoisotopic (exact) mass is 208 g/mol. The molecule has 80 valence electrons. The molecule has 0 fully saturated rings. The van der Waals surface area contributed by atoms with Crippen molar-refractivity contribution in [3.63, 3.8) is 0 Å². The van der Waals surface area contributed by atoms with E-state index < -0.39 is 6.16 Å². The summed E-state index contributed by atoms with van der Waals surface area (Å²) in [7, 11) is 0. The van der Waals surface area contributed by atoms with Gasteiger partial charge < -0.3 is 9.84 Å². The lowest BCUT2D eigenvalue weighted by Crippen LogP contribution is -2.05. The summed E-state index contributed by atoms with van der Waals surface area (Å²) < 4.78 is 4.62. The van der Waals surface area contributed by atoms with Gasteiger partial charge in [0.05, 0.1) is 0 Å². The van der Waals surface area contributed by atoms with Crippen LogP contribution in [-0.4, -0.2) is 17.0 Å². The first-order chi connectivity index (χ1) is 7.00. The second-order valence-electron chi connectivity index (χ2n) is 3.26. The lowest BCUT2D eigenvalue weighted by Gasteiger charge is -2.07. The van der Waals surface area contributed by atoms with Crippen LogP contribution < -0.4 is 0 Å². The van der Waals surface area contributed by atoms with E-state index in [1.807, 2.05) is 0 Å². The molecule has 0 aromatic rings. The molecule has 0 saturated heterocycles. The molecular formula is C11H12O4. The fourth-order valence-electron chi connectivity index (χ4n) is 1.24. The van der Waals surface area contributed by atoms with Crippen molar-refractivity contribution in [2.24, 2.45) is 0 Å². The van der Waals surface area contributed by atoms with E-state index in [4.69, 9.17) is 5.11 Å². The van der Waals surface area contributed by atoms with Gasteiger partial charge in [0.1, 0.15) is 5.76 Å². The minimum atomic E-state index is -1.36. The Morgan fingerprint density at radius 1 is 1.47 bits per heavy atom. The van der Waals surface area contributed by atoms with Crippen LogP contribution in [0.2, 0.25) is 0 Å². The van der Waals surface area contributed by atoms with Crippen LogP contribution in [0, 0.1) is 0 Å². The largest absolute Gasteiger partial charge is 0.511 e. The molecule has 0 aromatic heterocycles. The van der Waals surface area contributed by atoms with Crippen molar-refractivity contribution >= 4 is 11.9 Å². The second kappa shape index (κ2) is 4.59. The minimum Gasteiger partial charge on any atom is -0.449 e. The molecule has 0 amide bonds. The van der Waals surface area contributed by atoms with Gasteiger partial charge in [-0.3, -0.25) is 4.79 Å². The van der Waals surface area contributed by atoms with Gasteiger partial charge in [-0.2, -0.15) is 0 Å². The zero-order valence-electron chi connectivity index (χ0n) is 8.61. The van der Waals surface area contributed by atoms with Gasteiger partial charge in [0, 0.05) is 12.0 Å². The lowest BCUT2D eigenvalue weighted by molar-refractivity contribution is -0.113. The van der Waals surface area contributed by atoms with Crippen molar-refractivity contribution in [3.05, 3.63) is 35.1 Å². The smallest absolute Gasteiger partial charge is 0.449 e. The van der Waals surface area contributed by atoms with Crippen LogP contribution in [-0.2, 0) is 9.53 Å². The summed E-state index contributed by atoms with van der Waals surface area (Å²) in [6.07, 6.45) is 3.96. The van der Waals surface area contributed by atoms with E-state index in [-0.39, 0.29) is 12.2 Å². The molecule has 1 aliphatic rings. The van der Waals surface area contributed by atoms with Gasteiger partial charge in [-0.05, 0) is 19.4 Å². The third-order valence-electron chi connectivity index (χ3n) is 2.10. The molecule has 0 atom stereocenters. The van der Waals surface area contributed by atoms with E-state index in [9.17, 15) is 9.59 Å². The Bertz CT molecular complexity index is 385. The molecule has 0 radical (unpaired) electrons. The molecular weight excluding hydrogens is 196 g/mol. The number of Topliss-reactive ketones (excluding diaryl/α,β-unsaturated/α-hetero) is 1. The molecule has 1 N–H and O–H groups in total. The van der Waals surface area contributed by atoms with E-state index in [0.717, 1.165) is 0 Å². The van der Waals surface area contributed by atoms with Gasteiger partial charge in [-0.1, -0.05) is 18.2 Å². The maximum absolute atomic E-state index is 11.2. The highest BCUT2D eigenvalue weighted by Gasteiger charge is 2.14. The normalized spacial score (nSPS) is 15.7. The SMILES string of the molecule is CC(=O)C1=CC=CC(C)=C(OC(=O)O)C1. The van der Waals surface area contributed by atoms with Crippen molar-refractivity contribution in [1.82, 2.24) is 0 Å². The Morgan fingerprint density at radius 2 is 2.13 bits per heavy atom. The number of allylic oxidation sites excluding steroid dienone is 5. The summed E-state index contributed by atoms with van der Waals surface area (Å²) in [5.74, 6) is 0.221. The number of carbonyl (C=O) groups excluding carboxylic acids is 1. The topological polar surface area (TPSA) is 63.6 Å². The quantitative estimate of drug-likeness (QED) is 0.708. The van der Waals surface area contributed by atoms with E-state index in [1.54, 1.807) is 25.2 Å². The first-order valence-corrected chi connectivity index (χ1v) is 4.49. The number of carbonyl (C=O) groups is 2. The van der Waals surface area contributed by atoms with Gasteiger partial charge in [0.15, 0.2) is 5.78 Å². The summed E-state index contributed by atoms with van der Waals surface area (Å²) >= 11 is 0. The molecule has 0 saturated carbocycles. The average molecular weight is 208 g/mol. The number of carboxylic acid groups (broad SMARTS) is 1. The van der Waals surface area contributed by atoms with E-state index in [2.05, 4.69) is 4.74 Å². The molecule has 0 aliphatic heterocycles. The highest BCUT2D eigenvalue weighted by Crippen LogP contribution is 2.21. The van der Waals surface area contributed by atoms with Crippen LogP contribution in [0.5, 0.6) is 0 Å². The molecule has 0 bridgehead atoms. The van der Waals surface area contributed by atoms with Crippen molar-refractivity contribution < 1.29 is 19.4 Å². The van der Waals surface area contributed by atoms with Crippen LogP contribution in [0.25, 0.3) is 0 Å². The van der Waals surface area contributed by atoms with Crippen molar-refractivity contribution in [1.29, 1.82) is 0 Å². The summed E-state index contributed by atoms with van der Waals surface area (Å²) in [4.78, 5) is 21.6. The van der Waals surface area contributed by atoms with Gasteiger partial charge in [0.2, 0.25) is 0 Å². The van der Waals surface area contributed by atoms with Gasteiger partial charge in [-0.25, -0.2) is 4.79 Å². The zero-order valence-corrected chi connectivity index (χ0v) is 8.61. The Kier molecular flexibility index (Phi) is 3.44. The third-order valence-corrected chi connectivity index (χ3v) is 2.10. The summed E-state index contributed by atoms with van der Waals surface area (Å²) in [6, 6.07) is 0. The Morgan fingerprint density at radius 3 is 2.67 bits per heavy atom. The van der Waals surface area contributed by atoms with Crippen molar-refractivity contribution in [2.75, 3.05) is 0 Å². The molecule has 0 heterocycles. The molecule has 4 heteroatoms. The number of rotatable bonds is 2. The Labute approximate surface area is 87.5 Å². The summed E-state index contributed by atoms with van der Waals surface area (Å²) in [6.45, 7) is 3.18. The van der Waals surface area contributed by atoms with E-state index >= 15 is 0 Å². The Balaban J connectivity index is 2.95. The summed E-state index contributed by atoms with van der Waals surface area (Å²) in [5, 5.41) is 8.52. The minimum absolute atomic E-state index is 0.0826. The lowest BCUT2D eigenvalue weighted by atomic mass is 10.1. The number of hydrogen-bond acceptors (Lipinski definition) is 3. The van der Waals surface area contributed by atoms with Crippen molar-refractivity contribution in [2.45, 2.75) is 20.3 Å². The van der Waals surface area contributed by atoms with Crippen molar-refractivity contribution in [3.8, 4) is 0 Å². The van der Waals surface area contributed by atoms with Gasteiger partial charge in [-0.15, -0.1) is 0 Å². The molecule has 1 rings (SSSR count). The molecule has 0 aromatic carbocycles. The van der Waals surface area contributed by atoms with Crippen LogP contribution in [0.1, 0.15) is 20.3 Å². The predicted octanol–water partition coefficient (Wildman–Crippen LogP) is 2.43. The second-order valence-corrected chi connectivity index (χ2v) is 3.26. The molecule has 15 heavy (non-hydrogen) atoms. The molecule has 0 unspecified atom stereocenters. The first-order valence-electron chi connectivity index (χ1n) is 4.49. The highest BCUT2D eigenvalue weighted by atomic mass is 16.7. The van der Waals surface area contributed by atoms with Crippen LogP contribution in [0.4, 0.5) is 4.79 Å². The van der Waals surface area contributed by atoms with E-state index in [1.165, 1.54) is 6.92 Å². The van der Waals surface area contributed by atoms with Crippen LogP contribution in [0.3, 0.4) is 0 Å². The van der Waals surface area contributed by atoms with E-state index in [0.29, 0.717) is 16.9 Å². The Hall–Kier alpha value is -1.84. The molecule has 1 aliphatic carbocycles. The average Bonchev–Trinajstić information content (AvgIpc) is 2.28. The standard InChI is InChI=1S/C11H12O4/c1-7-4-3-5-9(8(2)12)6-10(7)15-11(13)14/h3-5H,6H2,1-2H3,(H,13,14). The fourth-order valence-corrected chi connectivity index (χ4v) is 1.24. The first kappa shape index (κ1) is 11.2. The molecule has 4 nitrogen and oxygen atoms in total. The maximum atomic E-state index is 11.2. The predicted molar refractivity (Wildman–Crippen MR) is 54.3 cm³/mol. The van der Waals surface area contributed by atoms with Crippen LogP contribution >= 0.6 is 0 Å².